The standard InChI is InChI=1S/C30H24N2S3/c1-17-7-5-8-18(2)27(17)24-14-13-23(33-24)21-11-12-22-30(32-35-31-22)29(21)26-16-15-25(34-26)28-19(3)9-6-10-20(28)4/h5-16H,1-4H3. The van der Waals surface area contributed by atoms with E-state index in [1.54, 1.807) is 0 Å². The quantitative estimate of drug-likeness (QED) is 0.237. The van der Waals surface area contributed by atoms with Crippen LogP contribution < -0.4 is 0 Å². The van der Waals surface area contributed by atoms with Gasteiger partial charge in [-0.25, -0.2) is 0 Å². The molecule has 0 saturated carbocycles. The minimum absolute atomic E-state index is 0.960. The van der Waals surface area contributed by atoms with Gasteiger partial charge in [-0.1, -0.05) is 42.5 Å². The molecule has 0 atom stereocenters. The molecule has 3 aromatic carbocycles. The SMILES string of the molecule is Cc1cccc(C)c1-c1ccc(-c2ccc3nsnc3c2-c2ccc(-c3c(C)cccc3C)s2)s1. The van der Waals surface area contributed by atoms with Crippen molar-refractivity contribution < 1.29 is 0 Å². The van der Waals surface area contributed by atoms with Crippen molar-refractivity contribution in [2.45, 2.75) is 27.7 Å². The highest BCUT2D eigenvalue weighted by Crippen LogP contribution is 2.46. The van der Waals surface area contributed by atoms with Crippen molar-refractivity contribution in [3.8, 4) is 41.8 Å². The maximum absolute atomic E-state index is 4.73. The van der Waals surface area contributed by atoms with Crippen LogP contribution in [0.4, 0.5) is 0 Å². The molecule has 0 amide bonds. The van der Waals surface area contributed by atoms with E-state index >= 15 is 0 Å². The number of fused-ring (bicyclic) bond motifs is 1. The average molecular weight is 509 g/mol. The van der Waals surface area contributed by atoms with E-state index in [0.717, 1.165) is 11.0 Å². The van der Waals surface area contributed by atoms with Crippen molar-refractivity contribution in [2.24, 2.45) is 0 Å². The molecule has 2 nitrogen and oxygen atoms in total. The number of aryl methyl sites for hydroxylation is 4. The van der Waals surface area contributed by atoms with Gasteiger partial charge in [0.1, 0.15) is 11.0 Å². The number of benzene rings is 3. The first kappa shape index (κ1) is 22.4. The molecule has 0 aliphatic carbocycles. The van der Waals surface area contributed by atoms with Crippen molar-refractivity contribution in [1.29, 1.82) is 0 Å². The van der Waals surface area contributed by atoms with Crippen LogP contribution in [0.3, 0.4) is 0 Å². The molecule has 0 fully saturated rings. The maximum atomic E-state index is 4.73. The molecule has 3 aromatic heterocycles. The van der Waals surface area contributed by atoms with E-state index in [9.17, 15) is 0 Å². The van der Waals surface area contributed by atoms with E-state index in [1.807, 2.05) is 22.7 Å². The fraction of sp³-hybridized carbons (Fsp3) is 0.133. The van der Waals surface area contributed by atoms with Crippen LogP contribution in [0.1, 0.15) is 22.3 Å². The molecule has 172 valence electrons. The Morgan fingerprint density at radius 3 is 1.54 bits per heavy atom. The van der Waals surface area contributed by atoms with Gasteiger partial charge in [-0.3, -0.25) is 0 Å². The van der Waals surface area contributed by atoms with Crippen molar-refractivity contribution in [3.63, 3.8) is 0 Å². The lowest BCUT2D eigenvalue weighted by atomic mass is 10.0. The third-order valence-corrected chi connectivity index (χ3v) is 9.41. The van der Waals surface area contributed by atoms with Gasteiger partial charge in [0.25, 0.3) is 0 Å². The van der Waals surface area contributed by atoms with Crippen LogP contribution in [0.15, 0.2) is 72.8 Å². The van der Waals surface area contributed by atoms with Gasteiger partial charge in [0.15, 0.2) is 0 Å². The zero-order valence-corrected chi connectivity index (χ0v) is 22.5. The molecule has 0 radical (unpaired) electrons. The Bertz CT molecular complexity index is 1660. The van der Waals surface area contributed by atoms with E-state index in [2.05, 4.69) is 105 Å². The number of thiophene rings is 2. The number of rotatable bonds is 4. The molecule has 5 heteroatoms. The van der Waals surface area contributed by atoms with E-state index in [1.165, 1.54) is 75.7 Å². The molecular formula is C30H24N2S3. The molecule has 0 aliphatic heterocycles. The molecular weight excluding hydrogens is 485 g/mol. The number of aromatic nitrogens is 2. The molecule has 0 spiro atoms. The first-order valence-corrected chi connectivity index (χ1v) is 14.0. The summed E-state index contributed by atoms with van der Waals surface area (Å²) >= 11 is 4.99. The van der Waals surface area contributed by atoms with Gasteiger partial charge in [-0.2, -0.15) is 8.75 Å². The summed E-state index contributed by atoms with van der Waals surface area (Å²) in [7, 11) is 0. The predicted octanol–water partition coefficient (Wildman–Crippen LogP) is 9.72. The zero-order chi connectivity index (χ0) is 24.1. The first-order valence-electron chi connectivity index (χ1n) is 11.6. The van der Waals surface area contributed by atoms with Gasteiger partial charge < -0.3 is 0 Å². The minimum atomic E-state index is 0.960. The van der Waals surface area contributed by atoms with Crippen LogP contribution in [0.5, 0.6) is 0 Å². The van der Waals surface area contributed by atoms with Gasteiger partial charge in [0.05, 0.1) is 11.7 Å². The summed E-state index contributed by atoms with van der Waals surface area (Å²) in [4.78, 5) is 5.09. The third kappa shape index (κ3) is 3.84. The van der Waals surface area contributed by atoms with E-state index in [4.69, 9.17) is 4.37 Å². The second kappa shape index (κ2) is 8.83. The summed E-state index contributed by atoms with van der Waals surface area (Å²) in [5.74, 6) is 0. The summed E-state index contributed by atoms with van der Waals surface area (Å²) in [5.41, 5.74) is 12.3. The van der Waals surface area contributed by atoms with Crippen LogP contribution in [-0.4, -0.2) is 8.75 Å². The first-order chi connectivity index (χ1) is 17.0. The van der Waals surface area contributed by atoms with E-state index in [-0.39, 0.29) is 0 Å². The van der Waals surface area contributed by atoms with Gasteiger partial charge in [-0.15, -0.1) is 22.7 Å². The molecule has 6 aromatic rings. The molecule has 0 saturated heterocycles. The van der Waals surface area contributed by atoms with Crippen molar-refractivity contribution >= 4 is 45.4 Å². The zero-order valence-electron chi connectivity index (χ0n) is 20.0. The topological polar surface area (TPSA) is 25.8 Å². The molecule has 6 rings (SSSR count). The van der Waals surface area contributed by atoms with Crippen LogP contribution in [0.25, 0.3) is 52.8 Å². The molecule has 3 heterocycles. The fourth-order valence-corrected chi connectivity index (χ4v) is 7.93. The minimum Gasteiger partial charge on any atom is -0.173 e. The lowest BCUT2D eigenvalue weighted by molar-refractivity contribution is 1.39. The molecule has 0 unspecified atom stereocenters. The van der Waals surface area contributed by atoms with Crippen LogP contribution in [0.2, 0.25) is 0 Å². The number of hydrogen-bond acceptors (Lipinski definition) is 5. The van der Waals surface area contributed by atoms with Gasteiger partial charge >= 0.3 is 0 Å². The summed E-state index contributed by atoms with van der Waals surface area (Å²) < 4.78 is 9.28. The molecule has 0 aliphatic rings. The summed E-state index contributed by atoms with van der Waals surface area (Å²) in [5, 5.41) is 0. The highest BCUT2D eigenvalue weighted by molar-refractivity contribution is 7.20. The van der Waals surface area contributed by atoms with Crippen LogP contribution in [0, 0.1) is 27.7 Å². The van der Waals surface area contributed by atoms with E-state index in [0.29, 0.717) is 0 Å². The Balaban J connectivity index is 1.52. The van der Waals surface area contributed by atoms with Crippen molar-refractivity contribution in [2.75, 3.05) is 0 Å². The normalized spacial score (nSPS) is 11.4. The average Bonchev–Trinajstić information content (AvgIpc) is 3.59. The second-order valence-electron chi connectivity index (χ2n) is 8.98. The Hall–Kier alpha value is -3.12. The van der Waals surface area contributed by atoms with E-state index < -0.39 is 0 Å². The second-order valence-corrected chi connectivity index (χ2v) is 11.7. The van der Waals surface area contributed by atoms with Crippen LogP contribution in [-0.2, 0) is 0 Å². The smallest absolute Gasteiger partial charge is 0.114 e. The monoisotopic (exact) mass is 508 g/mol. The number of hydrogen-bond donors (Lipinski definition) is 0. The largest absolute Gasteiger partial charge is 0.173 e. The van der Waals surface area contributed by atoms with Crippen molar-refractivity contribution in [3.05, 3.63) is 95.1 Å². The highest BCUT2D eigenvalue weighted by atomic mass is 32.1. The fourth-order valence-electron chi connectivity index (χ4n) is 4.94. The van der Waals surface area contributed by atoms with Crippen molar-refractivity contribution in [1.82, 2.24) is 8.75 Å². The third-order valence-electron chi connectivity index (χ3n) is 6.61. The Kier molecular flexibility index (Phi) is 5.64. The Labute approximate surface area is 217 Å². The summed E-state index contributed by atoms with van der Waals surface area (Å²) in [6.07, 6.45) is 0. The lowest BCUT2D eigenvalue weighted by Gasteiger charge is -2.09. The summed E-state index contributed by atoms with van der Waals surface area (Å²) in [6, 6.07) is 26.4. The maximum Gasteiger partial charge on any atom is 0.114 e. The van der Waals surface area contributed by atoms with Gasteiger partial charge in [0.2, 0.25) is 0 Å². The Morgan fingerprint density at radius 2 is 0.971 bits per heavy atom. The highest BCUT2D eigenvalue weighted by Gasteiger charge is 2.19. The number of nitrogens with zero attached hydrogens (tertiary/aromatic N) is 2. The molecule has 0 N–H and O–H groups in total. The summed E-state index contributed by atoms with van der Waals surface area (Å²) in [6.45, 7) is 8.78. The van der Waals surface area contributed by atoms with Gasteiger partial charge in [0, 0.05) is 30.6 Å². The molecule has 35 heavy (non-hydrogen) atoms. The van der Waals surface area contributed by atoms with Gasteiger partial charge in [-0.05, 0) is 91.4 Å². The van der Waals surface area contributed by atoms with Crippen LogP contribution >= 0.6 is 34.4 Å². The predicted molar refractivity (Wildman–Crippen MR) is 154 cm³/mol. The lowest BCUT2D eigenvalue weighted by Crippen LogP contribution is -1.85. The Morgan fingerprint density at radius 1 is 0.486 bits per heavy atom. The molecule has 0 bridgehead atoms.